The number of carbonyl (C=O) groups excluding carboxylic acids is 2. The molecule has 1 aromatic carbocycles. The Labute approximate surface area is 153 Å². The van der Waals surface area contributed by atoms with Crippen LogP contribution in [0.3, 0.4) is 0 Å². The topological polar surface area (TPSA) is 49.4 Å². The number of rotatable bonds is 5. The van der Waals surface area contributed by atoms with Gasteiger partial charge >= 0.3 is 0 Å². The van der Waals surface area contributed by atoms with Crippen molar-refractivity contribution in [3.8, 4) is 0 Å². The molecular formula is C18H24Cl2N2O2. The molecule has 1 heterocycles. The van der Waals surface area contributed by atoms with Crippen molar-refractivity contribution in [2.75, 3.05) is 13.1 Å². The van der Waals surface area contributed by atoms with E-state index in [9.17, 15) is 9.59 Å². The monoisotopic (exact) mass is 370 g/mol. The third kappa shape index (κ3) is 5.12. The van der Waals surface area contributed by atoms with E-state index in [0.717, 1.165) is 32.4 Å². The molecule has 1 saturated heterocycles. The minimum Gasteiger partial charge on any atom is -0.341 e. The van der Waals surface area contributed by atoms with E-state index in [1.54, 1.807) is 12.1 Å². The number of piperidine rings is 1. The maximum absolute atomic E-state index is 12.8. The van der Waals surface area contributed by atoms with Crippen LogP contribution in [0.25, 0.3) is 0 Å². The zero-order valence-corrected chi connectivity index (χ0v) is 15.7. The molecule has 1 atom stereocenters. The van der Waals surface area contributed by atoms with Crippen molar-refractivity contribution < 1.29 is 9.59 Å². The second kappa shape index (κ2) is 8.72. The Hall–Kier alpha value is -1.26. The summed E-state index contributed by atoms with van der Waals surface area (Å²) in [6.07, 6.45) is 3.81. The third-order valence-electron chi connectivity index (χ3n) is 4.15. The first kappa shape index (κ1) is 19.1. The first-order valence-corrected chi connectivity index (χ1v) is 9.18. The van der Waals surface area contributed by atoms with Gasteiger partial charge in [0.2, 0.25) is 5.91 Å². The van der Waals surface area contributed by atoms with Crippen molar-refractivity contribution in [3.05, 3.63) is 33.8 Å². The number of nitrogens with one attached hydrogen (secondary N) is 1. The molecular weight excluding hydrogens is 347 g/mol. The molecule has 2 rings (SSSR count). The van der Waals surface area contributed by atoms with E-state index in [4.69, 9.17) is 23.2 Å². The summed E-state index contributed by atoms with van der Waals surface area (Å²) in [6.45, 7) is 5.62. The van der Waals surface area contributed by atoms with Gasteiger partial charge in [-0.1, -0.05) is 37.0 Å². The summed E-state index contributed by atoms with van der Waals surface area (Å²) in [6, 6.07) is 4.20. The summed E-state index contributed by atoms with van der Waals surface area (Å²) in [4.78, 5) is 27.2. The van der Waals surface area contributed by atoms with E-state index in [1.165, 1.54) is 6.07 Å². The zero-order chi connectivity index (χ0) is 17.7. The molecule has 6 heteroatoms. The Kier molecular flexibility index (Phi) is 6.93. The molecule has 0 saturated carbocycles. The number of hydrogen-bond donors (Lipinski definition) is 1. The average molecular weight is 371 g/mol. The van der Waals surface area contributed by atoms with Crippen molar-refractivity contribution >= 4 is 35.0 Å². The molecule has 24 heavy (non-hydrogen) atoms. The van der Waals surface area contributed by atoms with Gasteiger partial charge in [0.05, 0.1) is 10.6 Å². The molecule has 1 aromatic rings. The van der Waals surface area contributed by atoms with Crippen molar-refractivity contribution in [1.29, 1.82) is 0 Å². The number of nitrogens with zero attached hydrogens (tertiary/aromatic N) is 1. The van der Waals surface area contributed by atoms with E-state index in [0.29, 0.717) is 22.9 Å². The van der Waals surface area contributed by atoms with Crippen LogP contribution in [0.15, 0.2) is 18.2 Å². The van der Waals surface area contributed by atoms with Crippen LogP contribution in [0.1, 0.15) is 49.9 Å². The van der Waals surface area contributed by atoms with Gasteiger partial charge in [-0.05, 0) is 49.8 Å². The molecule has 0 spiro atoms. The number of carbonyl (C=O) groups is 2. The third-order valence-corrected chi connectivity index (χ3v) is 4.70. The molecule has 1 aliphatic rings. The van der Waals surface area contributed by atoms with Crippen LogP contribution >= 0.6 is 23.2 Å². The van der Waals surface area contributed by atoms with Crippen LogP contribution in [-0.4, -0.2) is 35.8 Å². The highest BCUT2D eigenvalue weighted by molar-refractivity contribution is 6.36. The lowest BCUT2D eigenvalue weighted by molar-refractivity contribution is -0.134. The minimum atomic E-state index is -0.526. The summed E-state index contributed by atoms with van der Waals surface area (Å²) in [5.74, 6) is -0.0424. The molecule has 132 valence electrons. The van der Waals surface area contributed by atoms with Crippen LogP contribution in [-0.2, 0) is 4.79 Å². The Balaban J connectivity index is 2.12. The van der Waals surface area contributed by atoms with Crippen molar-refractivity contribution in [2.24, 2.45) is 5.92 Å². The number of halogens is 2. The van der Waals surface area contributed by atoms with Crippen LogP contribution in [0, 0.1) is 5.92 Å². The Bertz CT molecular complexity index is 599. The molecule has 1 fully saturated rings. The standard InChI is InChI=1S/C18H24Cl2N2O2/c1-12(2)10-16(18(24)22-8-4-3-5-9-22)21-17(23)14-7-6-13(19)11-15(14)20/h6-7,11-12,16H,3-5,8-10H2,1-2H3,(H,21,23). The van der Waals surface area contributed by atoms with Gasteiger partial charge in [0.25, 0.3) is 5.91 Å². The zero-order valence-electron chi connectivity index (χ0n) is 14.1. The summed E-state index contributed by atoms with van der Waals surface area (Å²) < 4.78 is 0. The van der Waals surface area contributed by atoms with Gasteiger partial charge in [-0.3, -0.25) is 9.59 Å². The molecule has 1 N–H and O–H groups in total. The molecule has 0 aromatic heterocycles. The van der Waals surface area contributed by atoms with Crippen LogP contribution in [0.4, 0.5) is 0 Å². The van der Waals surface area contributed by atoms with Gasteiger partial charge in [-0.15, -0.1) is 0 Å². The summed E-state index contributed by atoms with van der Waals surface area (Å²) in [7, 11) is 0. The predicted octanol–water partition coefficient (Wildman–Crippen LogP) is 4.15. The van der Waals surface area contributed by atoms with Crippen LogP contribution < -0.4 is 5.32 Å². The Morgan fingerprint density at radius 3 is 2.42 bits per heavy atom. The summed E-state index contributed by atoms with van der Waals surface area (Å²) >= 11 is 12.0. The number of hydrogen-bond acceptors (Lipinski definition) is 2. The average Bonchev–Trinajstić information content (AvgIpc) is 2.53. The summed E-state index contributed by atoms with van der Waals surface area (Å²) in [5, 5.41) is 3.62. The normalized spacial score (nSPS) is 16.1. The van der Waals surface area contributed by atoms with E-state index < -0.39 is 6.04 Å². The fraction of sp³-hybridized carbons (Fsp3) is 0.556. The number of likely N-dealkylation sites (tertiary alicyclic amines) is 1. The van der Waals surface area contributed by atoms with Gasteiger partial charge in [0.1, 0.15) is 6.04 Å². The maximum atomic E-state index is 12.8. The lowest BCUT2D eigenvalue weighted by Gasteiger charge is -2.31. The largest absolute Gasteiger partial charge is 0.341 e. The lowest BCUT2D eigenvalue weighted by Crippen LogP contribution is -2.50. The Morgan fingerprint density at radius 2 is 1.83 bits per heavy atom. The van der Waals surface area contributed by atoms with E-state index in [2.05, 4.69) is 5.32 Å². The van der Waals surface area contributed by atoms with Gasteiger partial charge in [-0.25, -0.2) is 0 Å². The fourth-order valence-corrected chi connectivity index (χ4v) is 3.43. The molecule has 0 radical (unpaired) electrons. The quantitative estimate of drug-likeness (QED) is 0.845. The van der Waals surface area contributed by atoms with Crippen molar-refractivity contribution in [2.45, 2.75) is 45.6 Å². The molecule has 1 unspecified atom stereocenters. The van der Waals surface area contributed by atoms with Gasteiger partial charge < -0.3 is 10.2 Å². The predicted molar refractivity (Wildman–Crippen MR) is 97.6 cm³/mol. The van der Waals surface area contributed by atoms with Gasteiger partial charge in [0.15, 0.2) is 0 Å². The smallest absolute Gasteiger partial charge is 0.253 e. The highest BCUT2D eigenvalue weighted by atomic mass is 35.5. The molecule has 1 aliphatic heterocycles. The second-order valence-electron chi connectivity index (χ2n) is 6.67. The molecule has 0 aliphatic carbocycles. The number of benzene rings is 1. The first-order valence-electron chi connectivity index (χ1n) is 8.43. The van der Waals surface area contributed by atoms with Crippen molar-refractivity contribution in [3.63, 3.8) is 0 Å². The van der Waals surface area contributed by atoms with E-state index in [1.807, 2.05) is 18.7 Å². The summed E-state index contributed by atoms with van der Waals surface area (Å²) in [5.41, 5.74) is 0.335. The van der Waals surface area contributed by atoms with E-state index >= 15 is 0 Å². The highest BCUT2D eigenvalue weighted by Gasteiger charge is 2.28. The molecule has 0 bridgehead atoms. The highest BCUT2D eigenvalue weighted by Crippen LogP contribution is 2.21. The second-order valence-corrected chi connectivity index (χ2v) is 7.51. The Morgan fingerprint density at radius 1 is 1.17 bits per heavy atom. The van der Waals surface area contributed by atoms with Gasteiger partial charge in [0, 0.05) is 18.1 Å². The van der Waals surface area contributed by atoms with Crippen LogP contribution in [0.5, 0.6) is 0 Å². The maximum Gasteiger partial charge on any atom is 0.253 e. The first-order chi connectivity index (χ1) is 11.4. The molecule has 4 nitrogen and oxygen atoms in total. The fourth-order valence-electron chi connectivity index (χ4n) is 2.94. The van der Waals surface area contributed by atoms with Gasteiger partial charge in [-0.2, -0.15) is 0 Å². The lowest BCUT2D eigenvalue weighted by atomic mass is 10.0. The minimum absolute atomic E-state index is 0.00170. The SMILES string of the molecule is CC(C)CC(NC(=O)c1ccc(Cl)cc1Cl)C(=O)N1CCCCC1. The van der Waals surface area contributed by atoms with E-state index in [-0.39, 0.29) is 16.8 Å². The molecule has 2 amide bonds. The van der Waals surface area contributed by atoms with Crippen molar-refractivity contribution in [1.82, 2.24) is 10.2 Å². The number of amides is 2. The van der Waals surface area contributed by atoms with Crippen LogP contribution in [0.2, 0.25) is 10.0 Å².